The van der Waals surface area contributed by atoms with Crippen LogP contribution in [0.3, 0.4) is 0 Å². The summed E-state index contributed by atoms with van der Waals surface area (Å²) in [4.78, 5) is 8.63. The van der Waals surface area contributed by atoms with Gasteiger partial charge < -0.3 is 14.3 Å². The van der Waals surface area contributed by atoms with Crippen LogP contribution in [-0.4, -0.2) is 25.5 Å². The quantitative estimate of drug-likeness (QED) is 0.186. The first-order valence-electron chi connectivity index (χ1n) is 11.2. The lowest BCUT2D eigenvalue weighted by Crippen LogP contribution is -2.28. The number of unbranched alkanes of at least 4 members (excludes halogenated alkanes) is 5. The maximum Gasteiger partial charge on any atom is 0.306 e. The van der Waals surface area contributed by atoms with Gasteiger partial charge in [0, 0.05) is 6.26 Å². The molecule has 0 fully saturated rings. The number of hydrogen-bond donors (Lipinski definition) is 2. The summed E-state index contributed by atoms with van der Waals surface area (Å²) in [7, 11) is -3.74. The molecule has 0 heterocycles. The van der Waals surface area contributed by atoms with E-state index in [1.165, 1.54) is 25.3 Å². The minimum Gasteiger partial charge on any atom is -0.490 e. The third kappa shape index (κ3) is 8.87. The Hall–Kier alpha value is -3.12. The summed E-state index contributed by atoms with van der Waals surface area (Å²) in [6, 6.07) is 7.63. The molecule has 1 unspecified atom stereocenters. The van der Waals surface area contributed by atoms with E-state index in [0.717, 1.165) is 37.1 Å². The molecule has 188 valence electrons. The van der Waals surface area contributed by atoms with Crippen molar-refractivity contribution in [3.63, 3.8) is 0 Å². The SMILES string of the molecule is [C-]#[N+]c1cc(NNS(=O)Oc2cc(C)ccc2OCCCCCCCC)c(S(C)(=O)=O)cc1[N+]#[C-]. The Labute approximate surface area is 210 Å². The molecule has 0 aliphatic carbocycles. The van der Waals surface area contributed by atoms with Gasteiger partial charge in [-0.25, -0.2) is 8.42 Å². The molecule has 0 aliphatic heterocycles. The zero-order valence-electron chi connectivity index (χ0n) is 20.1. The maximum atomic E-state index is 12.6. The molecule has 0 saturated carbocycles. The van der Waals surface area contributed by atoms with Gasteiger partial charge in [0.2, 0.25) is 0 Å². The standard InChI is InChI=1S/C24H30N4O5S2/c1-6-7-8-9-10-11-14-32-22-13-12-18(2)15-23(22)33-34(29)28-27-21-16-19(25-3)20(26-4)17-24(21)35(5,30)31/h12-13,15-17,27-28H,6-11,14H2,1-2,5H3. The molecule has 0 bridgehead atoms. The minimum absolute atomic E-state index is 0.0216. The molecule has 0 aromatic heterocycles. The van der Waals surface area contributed by atoms with Crippen molar-refractivity contribution in [2.75, 3.05) is 18.3 Å². The first-order valence-corrected chi connectivity index (χ1v) is 14.1. The van der Waals surface area contributed by atoms with E-state index in [1.54, 1.807) is 12.1 Å². The lowest BCUT2D eigenvalue weighted by atomic mass is 10.1. The molecule has 2 aromatic rings. The Balaban J connectivity index is 2.06. The second-order valence-corrected chi connectivity index (χ2v) is 10.8. The zero-order valence-corrected chi connectivity index (χ0v) is 21.7. The smallest absolute Gasteiger partial charge is 0.306 e. The van der Waals surface area contributed by atoms with Crippen LogP contribution < -0.4 is 19.2 Å². The van der Waals surface area contributed by atoms with Crippen molar-refractivity contribution in [2.24, 2.45) is 0 Å². The molecule has 9 nitrogen and oxygen atoms in total. The van der Waals surface area contributed by atoms with Gasteiger partial charge in [0.25, 0.3) is 0 Å². The Morgan fingerprint density at radius 2 is 1.63 bits per heavy atom. The van der Waals surface area contributed by atoms with Crippen molar-refractivity contribution in [1.82, 2.24) is 4.83 Å². The van der Waals surface area contributed by atoms with Crippen LogP contribution in [0.2, 0.25) is 0 Å². The summed E-state index contributed by atoms with van der Waals surface area (Å²) in [6.45, 7) is 18.9. The number of benzene rings is 2. The van der Waals surface area contributed by atoms with Crippen LogP contribution in [0, 0.1) is 20.1 Å². The highest BCUT2D eigenvalue weighted by Crippen LogP contribution is 2.36. The number of nitrogens with zero attached hydrogens (tertiary/aromatic N) is 2. The number of sulfone groups is 1. The fourth-order valence-corrected chi connectivity index (χ4v) is 4.57. The molecule has 2 rings (SSSR count). The average Bonchev–Trinajstić information content (AvgIpc) is 2.82. The van der Waals surface area contributed by atoms with E-state index in [4.69, 9.17) is 22.1 Å². The van der Waals surface area contributed by atoms with Crippen LogP contribution >= 0.6 is 0 Å². The van der Waals surface area contributed by atoms with Gasteiger partial charge in [-0.2, -0.15) is 4.21 Å². The second-order valence-electron chi connectivity index (χ2n) is 7.94. The predicted molar refractivity (Wildman–Crippen MR) is 138 cm³/mol. The van der Waals surface area contributed by atoms with Gasteiger partial charge in [0.15, 0.2) is 32.7 Å². The van der Waals surface area contributed by atoms with Crippen LogP contribution in [0.1, 0.15) is 51.0 Å². The van der Waals surface area contributed by atoms with Gasteiger partial charge in [0.1, 0.15) is 0 Å². The van der Waals surface area contributed by atoms with Crippen molar-refractivity contribution < 1.29 is 21.5 Å². The van der Waals surface area contributed by atoms with E-state index in [9.17, 15) is 12.6 Å². The number of rotatable bonds is 14. The van der Waals surface area contributed by atoms with Crippen LogP contribution in [-0.2, 0) is 21.1 Å². The van der Waals surface area contributed by atoms with Gasteiger partial charge >= 0.3 is 11.3 Å². The molecule has 0 amide bonds. The molecule has 0 aliphatic rings. The molecule has 11 heteroatoms. The molecule has 35 heavy (non-hydrogen) atoms. The molecule has 2 N–H and O–H groups in total. The summed E-state index contributed by atoms with van der Waals surface area (Å²) in [5.74, 6) is 0.727. The number of aryl methyl sites for hydroxylation is 1. The highest BCUT2D eigenvalue weighted by Gasteiger charge is 2.18. The zero-order chi connectivity index (χ0) is 25.8. The first kappa shape index (κ1) is 28.1. The molecule has 2 aromatic carbocycles. The summed E-state index contributed by atoms with van der Waals surface area (Å²) in [6.07, 6.45) is 7.76. The third-order valence-electron chi connectivity index (χ3n) is 5.01. The van der Waals surface area contributed by atoms with Crippen LogP contribution in [0.5, 0.6) is 11.5 Å². The Morgan fingerprint density at radius 1 is 0.971 bits per heavy atom. The third-order valence-corrected chi connectivity index (χ3v) is 6.74. The van der Waals surface area contributed by atoms with Crippen molar-refractivity contribution in [2.45, 2.75) is 57.3 Å². The fourth-order valence-electron chi connectivity index (χ4n) is 3.20. The highest BCUT2D eigenvalue weighted by molar-refractivity contribution is 7.90. The van der Waals surface area contributed by atoms with Gasteiger partial charge in [-0.1, -0.05) is 45.1 Å². The maximum absolute atomic E-state index is 12.6. The number of hydrogen-bond acceptors (Lipinski definition) is 6. The van der Waals surface area contributed by atoms with Gasteiger partial charge in [0.05, 0.1) is 30.3 Å². The van der Waals surface area contributed by atoms with Crippen molar-refractivity contribution in [1.29, 1.82) is 0 Å². The normalized spacial score (nSPS) is 11.8. The van der Waals surface area contributed by atoms with Crippen molar-refractivity contribution in [3.05, 3.63) is 58.7 Å². The fraction of sp³-hybridized carbons (Fsp3) is 0.417. The summed E-state index contributed by atoms with van der Waals surface area (Å²) in [5, 5.41) is 0. The topological polar surface area (TPSA) is 102 Å². The monoisotopic (exact) mass is 518 g/mol. The van der Waals surface area contributed by atoms with Gasteiger partial charge in [-0.3, -0.25) is 9.69 Å². The molecule has 0 radical (unpaired) electrons. The summed E-state index contributed by atoms with van der Waals surface area (Å²) < 4.78 is 48.2. The molecule has 1 atom stereocenters. The van der Waals surface area contributed by atoms with E-state index in [-0.39, 0.29) is 27.7 Å². The number of ether oxygens (including phenoxy) is 1. The highest BCUT2D eigenvalue weighted by atomic mass is 32.2. The molecule has 0 saturated heterocycles. The van der Waals surface area contributed by atoms with E-state index in [1.807, 2.05) is 13.0 Å². The minimum atomic E-state index is -3.74. The summed E-state index contributed by atoms with van der Waals surface area (Å²) in [5.41, 5.74) is 3.27. The van der Waals surface area contributed by atoms with Crippen LogP contribution in [0.4, 0.5) is 17.1 Å². The average molecular weight is 519 g/mol. The Morgan fingerprint density at radius 3 is 2.29 bits per heavy atom. The second kappa shape index (κ2) is 13.7. The summed E-state index contributed by atoms with van der Waals surface area (Å²) >= 11 is -2.13. The Bertz CT molecular complexity index is 1230. The lowest BCUT2D eigenvalue weighted by molar-refractivity contribution is 0.296. The first-order chi connectivity index (χ1) is 16.7. The number of hydrazine groups is 1. The van der Waals surface area contributed by atoms with Gasteiger partial charge in [-0.15, -0.1) is 4.83 Å². The number of anilines is 1. The van der Waals surface area contributed by atoms with Gasteiger partial charge in [-0.05, 0) is 43.2 Å². The van der Waals surface area contributed by atoms with E-state index in [0.29, 0.717) is 12.4 Å². The van der Waals surface area contributed by atoms with E-state index in [2.05, 4.69) is 26.9 Å². The van der Waals surface area contributed by atoms with Crippen LogP contribution in [0.15, 0.2) is 35.2 Å². The number of nitrogens with one attached hydrogen (secondary N) is 2. The molecular weight excluding hydrogens is 488 g/mol. The molecular formula is C24H30N4O5S2. The van der Waals surface area contributed by atoms with E-state index >= 15 is 0 Å². The Kier molecular flexibility index (Phi) is 11.0. The molecule has 0 spiro atoms. The largest absolute Gasteiger partial charge is 0.490 e. The van der Waals surface area contributed by atoms with Crippen molar-refractivity contribution in [3.8, 4) is 11.5 Å². The van der Waals surface area contributed by atoms with Crippen LogP contribution in [0.25, 0.3) is 9.69 Å². The van der Waals surface area contributed by atoms with E-state index < -0.39 is 21.1 Å². The lowest BCUT2D eigenvalue weighted by Gasteiger charge is -2.15. The predicted octanol–water partition coefficient (Wildman–Crippen LogP) is 5.81. The van der Waals surface area contributed by atoms with Crippen molar-refractivity contribution >= 4 is 38.2 Å².